The molecule has 0 saturated carbocycles. The molecule has 1 atom stereocenters. The predicted octanol–water partition coefficient (Wildman–Crippen LogP) is 2.19. The van der Waals surface area contributed by atoms with E-state index in [-0.39, 0.29) is 19.1 Å². The molecule has 0 unspecified atom stereocenters. The summed E-state index contributed by atoms with van der Waals surface area (Å²) in [5.41, 5.74) is 0.827. The number of ether oxygens (including phenoxy) is 2. The Morgan fingerprint density at radius 1 is 1.08 bits per heavy atom. The second-order valence-electron chi connectivity index (χ2n) is 5.46. The molecule has 0 fully saturated rings. The molecule has 0 aliphatic carbocycles. The van der Waals surface area contributed by atoms with Gasteiger partial charge in [0.05, 0.1) is 6.54 Å². The summed E-state index contributed by atoms with van der Waals surface area (Å²) >= 11 is 0. The van der Waals surface area contributed by atoms with E-state index in [0.717, 1.165) is 5.56 Å². The fraction of sp³-hybridized carbons (Fsp3) is 0.167. The monoisotopic (exact) mass is 337 g/mol. The number of fused-ring (bicyclic) bond motifs is 1. The van der Waals surface area contributed by atoms with E-state index in [1.807, 2.05) is 42.5 Å². The average molecular weight is 337 g/mol. The second kappa shape index (κ2) is 6.64. The van der Waals surface area contributed by atoms with Crippen LogP contribution < -0.4 is 14.8 Å². The average Bonchev–Trinajstić information content (AvgIpc) is 3.15. The van der Waals surface area contributed by atoms with Gasteiger partial charge in [-0.2, -0.15) is 4.98 Å². The number of benzene rings is 2. The molecule has 126 valence electrons. The zero-order valence-electron chi connectivity index (χ0n) is 13.2. The molecule has 2 aromatic carbocycles. The first kappa shape index (κ1) is 15.2. The molecule has 1 aliphatic heterocycles. The summed E-state index contributed by atoms with van der Waals surface area (Å²) < 4.78 is 16.4. The maximum atomic E-state index is 12.3. The highest BCUT2D eigenvalue weighted by molar-refractivity contribution is 5.81. The third kappa shape index (κ3) is 3.30. The Kier molecular flexibility index (Phi) is 4.04. The zero-order valence-corrected chi connectivity index (χ0v) is 13.2. The molecule has 1 aromatic heterocycles. The van der Waals surface area contributed by atoms with Crippen molar-refractivity contribution >= 4 is 5.91 Å². The highest BCUT2D eigenvalue weighted by Crippen LogP contribution is 2.30. The van der Waals surface area contributed by atoms with E-state index in [9.17, 15) is 4.79 Å². The van der Waals surface area contributed by atoms with Crippen LogP contribution in [0.5, 0.6) is 11.5 Å². The molecule has 4 rings (SSSR count). The molecule has 3 aromatic rings. The third-order valence-corrected chi connectivity index (χ3v) is 3.71. The SMILES string of the molecule is O=C(NCc1noc(-c2ccccc2)n1)[C@@H]1COc2ccccc2O1. The summed E-state index contributed by atoms with van der Waals surface area (Å²) in [4.78, 5) is 16.5. The first-order valence-corrected chi connectivity index (χ1v) is 7.84. The van der Waals surface area contributed by atoms with Crippen LogP contribution >= 0.6 is 0 Å². The number of nitrogens with zero attached hydrogens (tertiary/aromatic N) is 2. The smallest absolute Gasteiger partial charge is 0.265 e. The molecule has 1 N–H and O–H groups in total. The molecule has 0 saturated heterocycles. The molecule has 7 heteroatoms. The van der Waals surface area contributed by atoms with Gasteiger partial charge in [0.1, 0.15) is 6.61 Å². The molecule has 0 bridgehead atoms. The van der Waals surface area contributed by atoms with E-state index in [2.05, 4.69) is 15.5 Å². The molecule has 0 radical (unpaired) electrons. The van der Waals surface area contributed by atoms with Crippen molar-refractivity contribution in [1.82, 2.24) is 15.5 Å². The van der Waals surface area contributed by atoms with E-state index in [4.69, 9.17) is 14.0 Å². The van der Waals surface area contributed by atoms with Crippen LogP contribution in [0.3, 0.4) is 0 Å². The number of rotatable bonds is 4. The number of aromatic nitrogens is 2. The van der Waals surface area contributed by atoms with Crippen molar-refractivity contribution in [3.63, 3.8) is 0 Å². The third-order valence-electron chi connectivity index (χ3n) is 3.71. The summed E-state index contributed by atoms with van der Waals surface area (Å²) in [5.74, 6) is 1.71. The molecular formula is C18H15N3O4. The number of nitrogens with one attached hydrogen (secondary N) is 1. The molecule has 25 heavy (non-hydrogen) atoms. The quantitative estimate of drug-likeness (QED) is 0.785. The van der Waals surface area contributed by atoms with Crippen LogP contribution in [0.25, 0.3) is 11.5 Å². The van der Waals surface area contributed by atoms with Crippen LogP contribution in [0.1, 0.15) is 5.82 Å². The van der Waals surface area contributed by atoms with Crippen LogP contribution in [0.15, 0.2) is 59.1 Å². The first-order chi connectivity index (χ1) is 12.3. The van der Waals surface area contributed by atoms with Crippen molar-refractivity contribution in [3.8, 4) is 23.0 Å². The van der Waals surface area contributed by atoms with Gasteiger partial charge in [0.2, 0.25) is 6.10 Å². The van der Waals surface area contributed by atoms with Gasteiger partial charge in [-0.25, -0.2) is 0 Å². The molecule has 1 amide bonds. The Bertz CT molecular complexity index is 879. The Balaban J connectivity index is 1.36. The van der Waals surface area contributed by atoms with Gasteiger partial charge in [-0.1, -0.05) is 35.5 Å². The van der Waals surface area contributed by atoms with E-state index in [0.29, 0.717) is 23.2 Å². The highest BCUT2D eigenvalue weighted by atomic mass is 16.6. The van der Waals surface area contributed by atoms with Gasteiger partial charge in [-0.3, -0.25) is 4.79 Å². The molecular weight excluding hydrogens is 322 g/mol. The minimum atomic E-state index is -0.713. The number of hydrogen-bond donors (Lipinski definition) is 1. The molecule has 2 heterocycles. The van der Waals surface area contributed by atoms with Crippen LogP contribution in [0, 0.1) is 0 Å². The summed E-state index contributed by atoms with van der Waals surface area (Å²) in [6.07, 6.45) is -0.713. The van der Waals surface area contributed by atoms with E-state index in [1.54, 1.807) is 12.1 Å². The Morgan fingerprint density at radius 3 is 2.68 bits per heavy atom. The Labute approximate surface area is 143 Å². The van der Waals surface area contributed by atoms with E-state index < -0.39 is 6.10 Å². The summed E-state index contributed by atoms with van der Waals surface area (Å²) in [5, 5.41) is 6.61. The van der Waals surface area contributed by atoms with Crippen LogP contribution in [-0.2, 0) is 11.3 Å². The molecule has 0 spiro atoms. The Morgan fingerprint density at radius 2 is 1.84 bits per heavy atom. The summed E-state index contributed by atoms with van der Waals surface area (Å²) in [6.45, 7) is 0.307. The number of amides is 1. The molecule has 7 nitrogen and oxygen atoms in total. The number of para-hydroxylation sites is 2. The van der Waals surface area contributed by atoms with Crippen molar-refractivity contribution in [1.29, 1.82) is 0 Å². The van der Waals surface area contributed by atoms with E-state index in [1.165, 1.54) is 0 Å². The highest BCUT2D eigenvalue weighted by Gasteiger charge is 2.27. The largest absolute Gasteiger partial charge is 0.485 e. The number of carbonyl (C=O) groups is 1. The first-order valence-electron chi connectivity index (χ1n) is 7.84. The van der Waals surface area contributed by atoms with Crippen molar-refractivity contribution in [3.05, 3.63) is 60.4 Å². The lowest BCUT2D eigenvalue weighted by atomic mass is 10.2. The molecule has 1 aliphatic rings. The van der Waals surface area contributed by atoms with Crippen LogP contribution in [0.2, 0.25) is 0 Å². The second-order valence-corrected chi connectivity index (χ2v) is 5.46. The van der Waals surface area contributed by atoms with Gasteiger partial charge in [-0.15, -0.1) is 0 Å². The van der Waals surface area contributed by atoms with Gasteiger partial charge in [-0.05, 0) is 24.3 Å². The normalized spacial score (nSPS) is 15.6. The van der Waals surface area contributed by atoms with Gasteiger partial charge < -0.3 is 19.3 Å². The number of carbonyl (C=O) groups excluding carboxylic acids is 1. The number of hydrogen-bond acceptors (Lipinski definition) is 6. The van der Waals surface area contributed by atoms with Crippen molar-refractivity contribution < 1.29 is 18.8 Å². The fourth-order valence-corrected chi connectivity index (χ4v) is 2.45. The summed E-state index contributed by atoms with van der Waals surface area (Å²) in [6, 6.07) is 16.7. The van der Waals surface area contributed by atoms with Gasteiger partial charge in [0.25, 0.3) is 11.8 Å². The van der Waals surface area contributed by atoms with Crippen molar-refractivity contribution in [2.75, 3.05) is 6.61 Å². The topological polar surface area (TPSA) is 86.5 Å². The maximum Gasteiger partial charge on any atom is 0.265 e. The van der Waals surface area contributed by atoms with Gasteiger partial charge in [0, 0.05) is 5.56 Å². The zero-order chi connectivity index (χ0) is 17.1. The fourth-order valence-electron chi connectivity index (χ4n) is 2.45. The minimum absolute atomic E-state index is 0.149. The predicted molar refractivity (Wildman–Crippen MR) is 87.9 cm³/mol. The van der Waals surface area contributed by atoms with Crippen LogP contribution in [0.4, 0.5) is 0 Å². The lowest BCUT2D eigenvalue weighted by molar-refractivity contribution is -0.130. The standard InChI is InChI=1S/C18H15N3O4/c22-17(15-11-23-13-8-4-5-9-14(13)24-15)19-10-16-20-18(25-21-16)12-6-2-1-3-7-12/h1-9,15H,10-11H2,(H,19,22)/t15-/m0/s1. The van der Waals surface area contributed by atoms with Crippen molar-refractivity contribution in [2.24, 2.45) is 0 Å². The minimum Gasteiger partial charge on any atom is -0.485 e. The maximum absolute atomic E-state index is 12.3. The summed E-state index contributed by atoms with van der Waals surface area (Å²) in [7, 11) is 0. The lowest BCUT2D eigenvalue weighted by Gasteiger charge is -2.25. The lowest BCUT2D eigenvalue weighted by Crippen LogP contribution is -2.43. The Hall–Kier alpha value is -3.35. The van der Waals surface area contributed by atoms with Gasteiger partial charge >= 0.3 is 0 Å². The van der Waals surface area contributed by atoms with Crippen molar-refractivity contribution in [2.45, 2.75) is 12.6 Å². The van der Waals surface area contributed by atoms with Gasteiger partial charge in [0.15, 0.2) is 17.3 Å². The van der Waals surface area contributed by atoms with E-state index >= 15 is 0 Å². The van der Waals surface area contributed by atoms with Crippen LogP contribution in [-0.4, -0.2) is 28.8 Å².